The van der Waals surface area contributed by atoms with Gasteiger partial charge in [0.2, 0.25) is 5.91 Å². The molecule has 1 saturated heterocycles. The van der Waals surface area contributed by atoms with E-state index in [0.717, 1.165) is 0 Å². The maximum Gasteiger partial charge on any atom is 0.337 e. The molecule has 1 fully saturated rings. The van der Waals surface area contributed by atoms with Crippen LogP contribution in [-0.2, 0) is 9.53 Å². The van der Waals surface area contributed by atoms with Crippen LogP contribution in [0.1, 0.15) is 16.8 Å². The molecule has 7 nitrogen and oxygen atoms in total. The zero-order chi connectivity index (χ0) is 15.4. The van der Waals surface area contributed by atoms with Gasteiger partial charge in [0.1, 0.15) is 0 Å². The molecule has 1 amide bonds. The van der Waals surface area contributed by atoms with Crippen LogP contribution in [0, 0.1) is 5.92 Å². The van der Waals surface area contributed by atoms with Crippen molar-refractivity contribution in [3.8, 4) is 0 Å². The molecule has 0 saturated carbocycles. The number of azide groups is 1. The minimum absolute atomic E-state index is 0.0334. The second-order valence-electron chi connectivity index (χ2n) is 4.68. The molecule has 1 aliphatic heterocycles. The Morgan fingerprint density at radius 2 is 2.33 bits per heavy atom. The van der Waals surface area contributed by atoms with Crippen molar-refractivity contribution >= 4 is 29.2 Å². The monoisotopic (exact) mass is 308 g/mol. The third-order valence-electron chi connectivity index (χ3n) is 3.22. The fourth-order valence-electron chi connectivity index (χ4n) is 2.27. The van der Waals surface area contributed by atoms with Gasteiger partial charge in [0.15, 0.2) is 0 Å². The minimum atomic E-state index is -0.518. The normalized spacial score (nSPS) is 17.5. The van der Waals surface area contributed by atoms with E-state index < -0.39 is 5.97 Å². The zero-order valence-corrected chi connectivity index (χ0v) is 12.1. The summed E-state index contributed by atoms with van der Waals surface area (Å²) in [5.41, 5.74) is 9.15. The average molecular weight is 309 g/mol. The molecule has 1 heterocycles. The van der Waals surface area contributed by atoms with E-state index >= 15 is 0 Å². The lowest BCUT2D eigenvalue weighted by Gasteiger charge is -2.17. The Bertz CT molecular complexity index is 628. The number of hydrogen-bond acceptors (Lipinski definition) is 4. The lowest BCUT2D eigenvalue weighted by molar-refractivity contribution is -0.117. The van der Waals surface area contributed by atoms with E-state index in [9.17, 15) is 9.59 Å². The van der Waals surface area contributed by atoms with Crippen molar-refractivity contribution < 1.29 is 14.3 Å². The van der Waals surface area contributed by atoms with Gasteiger partial charge in [-0.15, -0.1) is 0 Å². The largest absolute Gasteiger partial charge is 0.465 e. The number of methoxy groups -OCH3 is 1. The van der Waals surface area contributed by atoms with Gasteiger partial charge < -0.3 is 9.64 Å². The Balaban J connectivity index is 2.25. The highest BCUT2D eigenvalue weighted by Crippen LogP contribution is 2.29. The molecule has 1 aliphatic rings. The highest BCUT2D eigenvalue weighted by molar-refractivity contribution is 6.31. The van der Waals surface area contributed by atoms with Crippen molar-refractivity contribution in [3.63, 3.8) is 0 Å². The van der Waals surface area contributed by atoms with Crippen molar-refractivity contribution in [2.75, 3.05) is 25.1 Å². The molecule has 1 aromatic rings. The molecule has 1 aromatic carbocycles. The smallest absolute Gasteiger partial charge is 0.337 e. The predicted molar refractivity (Wildman–Crippen MR) is 77.3 cm³/mol. The van der Waals surface area contributed by atoms with E-state index in [1.165, 1.54) is 18.1 Å². The van der Waals surface area contributed by atoms with Gasteiger partial charge in [-0.25, -0.2) is 4.79 Å². The summed E-state index contributed by atoms with van der Waals surface area (Å²) in [6.07, 6.45) is 0.305. The van der Waals surface area contributed by atoms with Gasteiger partial charge in [-0.05, 0) is 29.6 Å². The van der Waals surface area contributed by atoms with Crippen molar-refractivity contribution in [2.24, 2.45) is 11.0 Å². The summed E-state index contributed by atoms with van der Waals surface area (Å²) < 4.78 is 4.65. The molecular weight excluding hydrogens is 296 g/mol. The third-order valence-corrected chi connectivity index (χ3v) is 3.44. The van der Waals surface area contributed by atoms with Crippen molar-refractivity contribution in [1.29, 1.82) is 0 Å². The summed E-state index contributed by atoms with van der Waals surface area (Å²) in [5.74, 6) is -0.642. The fraction of sp³-hybridized carbons (Fsp3) is 0.385. The molecule has 0 N–H and O–H groups in total. The number of esters is 1. The first-order valence-corrected chi connectivity index (χ1v) is 6.63. The third kappa shape index (κ3) is 3.45. The number of amides is 1. The number of benzene rings is 1. The van der Waals surface area contributed by atoms with E-state index in [2.05, 4.69) is 14.8 Å². The van der Waals surface area contributed by atoms with Crippen LogP contribution < -0.4 is 4.90 Å². The maximum absolute atomic E-state index is 12.0. The lowest BCUT2D eigenvalue weighted by atomic mass is 10.1. The molecular formula is C13H13ClN4O3. The van der Waals surface area contributed by atoms with Gasteiger partial charge in [-0.3, -0.25) is 4.79 Å². The number of anilines is 1. The molecule has 0 bridgehead atoms. The van der Waals surface area contributed by atoms with Gasteiger partial charge in [-0.2, -0.15) is 0 Å². The summed E-state index contributed by atoms with van der Waals surface area (Å²) in [7, 11) is 1.28. The quantitative estimate of drug-likeness (QED) is 0.370. The van der Waals surface area contributed by atoms with E-state index in [0.29, 0.717) is 23.7 Å². The highest BCUT2D eigenvalue weighted by Gasteiger charge is 2.30. The Labute approximate surface area is 126 Å². The van der Waals surface area contributed by atoms with Crippen LogP contribution in [0.25, 0.3) is 10.4 Å². The van der Waals surface area contributed by atoms with Crippen LogP contribution in [0.2, 0.25) is 5.02 Å². The van der Waals surface area contributed by atoms with Crippen LogP contribution in [0.3, 0.4) is 0 Å². The molecule has 21 heavy (non-hydrogen) atoms. The molecule has 0 aliphatic carbocycles. The summed E-state index contributed by atoms with van der Waals surface area (Å²) in [6.45, 7) is 0.696. The first-order chi connectivity index (χ1) is 10.0. The predicted octanol–water partition coefficient (Wildman–Crippen LogP) is 2.79. The summed E-state index contributed by atoms with van der Waals surface area (Å²) >= 11 is 5.98. The Hall–Kier alpha value is -2.24. The second kappa shape index (κ2) is 6.47. The van der Waals surface area contributed by atoms with Gasteiger partial charge in [0, 0.05) is 35.1 Å². The zero-order valence-electron chi connectivity index (χ0n) is 11.3. The summed E-state index contributed by atoms with van der Waals surface area (Å²) in [4.78, 5) is 27.9. The second-order valence-corrected chi connectivity index (χ2v) is 5.11. The number of nitrogens with zero attached hydrogens (tertiary/aromatic N) is 4. The minimum Gasteiger partial charge on any atom is -0.465 e. The van der Waals surface area contributed by atoms with Crippen molar-refractivity contribution in [2.45, 2.75) is 6.42 Å². The molecule has 0 spiro atoms. The van der Waals surface area contributed by atoms with E-state index in [1.54, 1.807) is 12.1 Å². The van der Waals surface area contributed by atoms with Crippen LogP contribution >= 0.6 is 11.6 Å². The number of rotatable bonds is 4. The average Bonchev–Trinajstić information content (AvgIpc) is 2.84. The number of ether oxygens (including phenoxy) is 1. The van der Waals surface area contributed by atoms with E-state index in [-0.39, 0.29) is 23.9 Å². The van der Waals surface area contributed by atoms with Gasteiger partial charge in [-0.1, -0.05) is 16.7 Å². The summed E-state index contributed by atoms with van der Waals surface area (Å²) in [6, 6.07) is 4.66. The highest BCUT2D eigenvalue weighted by atomic mass is 35.5. The molecule has 2 rings (SSSR count). The van der Waals surface area contributed by atoms with Crippen molar-refractivity contribution in [3.05, 3.63) is 39.2 Å². The fourth-order valence-corrected chi connectivity index (χ4v) is 2.50. The molecule has 110 valence electrons. The van der Waals surface area contributed by atoms with E-state index in [4.69, 9.17) is 17.1 Å². The van der Waals surface area contributed by atoms with Gasteiger partial charge in [0.05, 0.1) is 12.7 Å². The molecule has 1 atom stereocenters. The summed E-state index contributed by atoms with van der Waals surface area (Å²) in [5, 5.41) is 3.84. The molecule has 8 heteroatoms. The Kier molecular flexibility index (Phi) is 4.67. The van der Waals surface area contributed by atoms with Crippen molar-refractivity contribution in [1.82, 2.24) is 0 Å². The SMILES string of the molecule is COC(=O)c1cc(Cl)cc(N2CC(CN=[N+]=[N-])CC2=O)c1. The Morgan fingerprint density at radius 1 is 1.57 bits per heavy atom. The molecule has 0 radical (unpaired) electrons. The maximum atomic E-state index is 12.0. The van der Waals surface area contributed by atoms with Gasteiger partial charge >= 0.3 is 5.97 Å². The first-order valence-electron chi connectivity index (χ1n) is 6.25. The van der Waals surface area contributed by atoms with Crippen LogP contribution in [-0.4, -0.2) is 32.1 Å². The van der Waals surface area contributed by atoms with Gasteiger partial charge in [0.25, 0.3) is 0 Å². The molecule has 0 aromatic heterocycles. The molecule has 1 unspecified atom stereocenters. The number of hydrogen-bond donors (Lipinski definition) is 0. The number of carbonyl (C=O) groups is 2. The van der Waals surface area contributed by atoms with Crippen LogP contribution in [0.15, 0.2) is 23.3 Å². The van der Waals surface area contributed by atoms with Crippen LogP contribution in [0.4, 0.5) is 5.69 Å². The van der Waals surface area contributed by atoms with Crippen LogP contribution in [0.5, 0.6) is 0 Å². The Morgan fingerprint density at radius 3 is 3.00 bits per heavy atom. The standard InChI is InChI=1S/C13H13ClN4O3/c1-21-13(20)9-3-10(14)5-11(4-9)18-7-8(2-12(18)19)6-16-17-15/h3-5,8H,2,6-7H2,1H3. The number of halogens is 1. The van der Waals surface area contributed by atoms with E-state index in [1.807, 2.05) is 0 Å². The number of carbonyl (C=O) groups excluding carboxylic acids is 2. The topological polar surface area (TPSA) is 95.4 Å². The first kappa shape index (κ1) is 15.2. The lowest BCUT2D eigenvalue weighted by Crippen LogP contribution is -2.25.